The molecule has 0 radical (unpaired) electrons. The minimum Gasteiger partial charge on any atom is -0.491 e. The van der Waals surface area contributed by atoms with Gasteiger partial charge in [0.15, 0.2) is 6.29 Å². The van der Waals surface area contributed by atoms with Crippen molar-refractivity contribution < 1.29 is 13.9 Å². The zero-order valence-corrected chi connectivity index (χ0v) is 18.3. The Morgan fingerprint density at radius 1 is 1.13 bits per heavy atom. The Hall–Kier alpha value is -3.25. The number of nitrogens with zero attached hydrogens (tertiary/aromatic N) is 1. The molecule has 2 aromatic carbocycles. The van der Waals surface area contributed by atoms with E-state index < -0.39 is 0 Å². The molecule has 0 spiro atoms. The highest BCUT2D eigenvalue weighted by Crippen LogP contribution is 2.30. The Balaban J connectivity index is 1.91. The van der Waals surface area contributed by atoms with Crippen LogP contribution < -0.4 is 15.6 Å². The second-order valence-corrected chi connectivity index (χ2v) is 7.63. The lowest BCUT2D eigenvalue weighted by Gasteiger charge is -2.17. The van der Waals surface area contributed by atoms with Crippen LogP contribution in [0.4, 0.5) is 4.39 Å². The van der Waals surface area contributed by atoms with Gasteiger partial charge in [-0.3, -0.25) is 9.59 Å². The first-order chi connectivity index (χ1) is 14.8. The SMILES string of the molecule is CNCCOc1c(C=O)cc(Cc2ccc(-c3ccn(C)c(=O)c3)c(F)c2)c(C)c1C. The van der Waals surface area contributed by atoms with Gasteiger partial charge < -0.3 is 14.6 Å². The summed E-state index contributed by atoms with van der Waals surface area (Å²) in [5.41, 5.74) is 4.89. The number of aromatic nitrogens is 1. The molecule has 1 N–H and O–H groups in total. The quantitative estimate of drug-likeness (QED) is 0.443. The summed E-state index contributed by atoms with van der Waals surface area (Å²) < 4.78 is 22.1. The van der Waals surface area contributed by atoms with Gasteiger partial charge in [-0.15, -0.1) is 0 Å². The number of likely N-dealkylation sites (N-methyl/N-ethyl adjacent to an activating group) is 1. The van der Waals surface area contributed by atoms with E-state index in [9.17, 15) is 14.0 Å². The van der Waals surface area contributed by atoms with Gasteiger partial charge in [-0.25, -0.2) is 4.39 Å². The summed E-state index contributed by atoms with van der Waals surface area (Å²) in [6.07, 6.45) is 2.90. The van der Waals surface area contributed by atoms with Crippen LogP contribution in [-0.4, -0.2) is 31.1 Å². The molecule has 0 aliphatic rings. The molecule has 0 bridgehead atoms. The first kappa shape index (κ1) is 22.4. The van der Waals surface area contributed by atoms with Crippen molar-refractivity contribution in [1.82, 2.24) is 9.88 Å². The van der Waals surface area contributed by atoms with E-state index in [0.717, 1.165) is 28.5 Å². The Morgan fingerprint density at radius 2 is 1.90 bits per heavy atom. The Bertz CT molecular complexity index is 1170. The highest BCUT2D eigenvalue weighted by molar-refractivity contribution is 5.81. The smallest absolute Gasteiger partial charge is 0.250 e. The molecular weight excluding hydrogens is 395 g/mol. The predicted octanol–water partition coefficient (Wildman–Crippen LogP) is 3.81. The van der Waals surface area contributed by atoms with Gasteiger partial charge in [0, 0.05) is 31.4 Å². The van der Waals surface area contributed by atoms with Crippen molar-refractivity contribution in [3.8, 4) is 16.9 Å². The molecule has 31 heavy (non-hydrogen) atoms. The van der Waals surface area contributed by atoms with Crippen LogP contribution in [0.2, 0.25) is 0 Å². The van der Waals surface area contributed by atoms with Crippen molar-refractivity contribution in [2.45, 2.75) is 20.3 Å². The fourth-order valence-corrected chi connectivity index (χ4v) is 3.55. The summed E-state index contributed by atoms with van der Waals surface area (Å²) >= 11 is 0. The van der Waals surface area contributed by atoms with E-state index in [1.807, 2.05) is 33.0 Å². The molecule has 0 aliphatic carbocycles. The molecule has 0 saturated carbocycles. The third kappa shape index (κ3) is 4.91. The Kier molecular flexibility index (Phi) is 7.02. The average Bonchev–Trinajstić information content (AvgIpc) is 2.75. The zero-order chi connectivity index (χ0) is 22.5. The topological polar surface area (TPSA) is 60.3 Å². The van der Waals surface area contributed by atoms with Crippen molar-refractivity contribution in [3.63, 3.8) is 0 Å². The lowest BCUT2D eigenvalue weighted by Crippen LogP contribution is -2.17. The van der Waals surface area contributed by atoms with E-state index in [4.69, 9.17) is 4.74 Å². The predicted molar refractivity (Wildman–Crippen MR) is 121 cm³/mol. The average molecular weight is 423 g/mol. The molecule has 0 amide bonds. The lowest BCUT2D eigenvalue weighted by atomic mass is 9.93. The number of carbonyl (C=O) groups is 1. The number of carbonyl (C=O) groups excluding carboxylic acids is 1. The second-order valence-electron chi connectivity index (χ2n) is 7.63. The largest absolute Gasteiger partial charge is 0.491 e. The maximum Gasteiger partial charge on any atom is 0.250 e. The molecule has 3 rings (SSSR count). The van der Waals surface area contributed by atoms with Crippen LogP contribution in [0.15, 0.2) is 47.4 Å². The molecular formula is C25H27FN2O3. The first-order valence-electron chi connectivity index (χ1n) is 10.2. The second kappa shape index (κ2) is 9.71. The number of hydrogen-bond acceptors (Lipinski definition) is 4. The molecule has 0 aliphatic heterocycles. The number of ether oxygens (including phenoxy) is 1. The molecule has 162 valence electrons. The third-order valence-electron chi connectivity index (χ3n) is 5.55. The third-order valence-corrected chi connectivity index (χ3v) is 5.55. The number of halogens is 1. The standard InChI is InChI=1S/C25H27FN2O3/c1-16-17(2)25(31-10-8-27-3)21(15-29)13-20(16)11-18-5-6-22(23(26)12-18)19-7-9-28(4)24(30)14-19/h5-7,9,12-15,27H,8,10-11H2,1-4H3. The van der Waals surface area contributed by atoms with Crippen molar-refractivity contribution in [3.05, 3.63) is 86.6 Å². The number of nitrogens with one attached hydrogen (secondary N) is 1. The number of pyridine rings is 1. The van der Waals surface area contributed by atoms with E-state index in [2.05, 4.69) is 5.32 Å². The lowest BCUT2D eigenvalue weighted by molar-refractivity contribution is 0.111. The van der Waals surface area contributed by atoms with E-state index in [0.29, 0.717) is 42.0 Å². The summed E-state index contributed by atoms with van der Waals surface area (Å²) in [6.45, 7) is 5.05. The summed E-state index contributed by atoms with van der Waals surface area (Å²) in [5, 5.41) is 3.01. The van der Waals surface area contributed by atoms with E-state index >= 15 is 0 Å². The fourth-order valence-electron chi connectivity index (χ4n) is 3.55. The van der Waals surface area contributed by atoms with Gasteiger partial charge >= 0.3 is 0 Å². The minimum atomic E-state index is -0.386. The molecule has 0 unspecified atom stereocenters. The molecule has 3 aromatic rings. The number of hydrogen-bond donors (Lipinski definition) is 1. The molecule has 6 heteroatoms. The molecule has 1 heterocycles. The van der Waals surface area contributed by atoms with E-state index in [1.165, 1.54) is 16.7 Å². The van der Waals surface area contributed by atoms with Crippen molar-refractivity contribution in [2.75, 3.05) is 20.2 Å². The van der Waals surface area contributed by atoms with Crippen LogP contribution >= 0.6 is 0 Å². The zero-order valence-electron chi connectivity index (χ0n) is 18.3. The van der Waals surface area contributed by atoms with Gasteiger partial charge in [-0.05, 0) is 73.3 Å². The van der Waals surface area contributed by atoms with Crippen molar-refractivity contribution in [1.29, 1.82) is 0 Å². The van der Waals surface area contributed by atoms with Gasteiger partial charge in [0.05, 0.1) is 5.56 Å². The van der Waals surface area contributed by atoms with Crippen LogP contribution in [0.3, 0.4) is 0 Å². The molecule has 0 atom stereocenters. The Morgan fingerprint density at radius 3 is 2.55 bits per heavy atom. The maximum atomic E-state index is 14.8. The van der Waals surface area contributed by atoms with Crippen LogP contribution in [0.5, 0.6) is 5.75 Å². The Labute approximate surface area is 181 Å². The van der Waals surface area contributed by atoms with Gasteiger partial charge in [-0.2, -0.15) is 0 Å². The number of benzene rings is 2. The summed E-state index contributed by atoms with van der Waals surface area (Å²) in [7, 11) is 3.49. The normalized spacial score (nSPS) is 10.9. The van der Waals surface area contributed by atoms with E-state index in [-0.39, 0.29) is 11.4 Å². The molecule has 1 aromatic heterocycles. The monoisotopic (exact) mass is 422 g/mol. The van der Waals surface area contributed by atoms with Crippen molar-refractivity contribution in [2.24, 2.45) is 7.05 Å². The van der Waals surface area contributed by atoms with Gasteiger partial charge in [-0.1, -0.05) is 12.1 Å². The summed E-state index contributed by atoms with van der Waals surface area (Å²) in [6, 6.07) is 9.99. The summed E-state index contributed by atoms with van der Waals surface area (Å²) in [5.74, 6) is 0.210. The molecule has 5 nitrogen and oxygen atoms in total. The molecule has 0 saturated heterocycles. The fraction of sp³-hybridized carbons (Fsp3) is 0.280. The molecule has 0 fully saturated rings. The van der Waals surface area contributed by atoms with Gasteiger partial charge in [0.25, 0.3) is 5.56 Å². The van der Waals surface area contributed by atoms with Crippen LogP contribution in [0.1, 0.15) is 32.6 Å². The number of aryl methyl sites for hydroxylation is 1. The summed E-state index contributed by atoms with van der Waals surface area (Å²) in [4.78, 5) is 23.5. The number of aldehydes is 1. The van der Waals surface area contributed by atoms with Crippen LogP contribution in [0.25, 0.3) is 11.1 Å². The van der Waals surface area contributed by atoms with Crippen molar-refractivity contribution >= 4 is 6.29 Å². The van der Waals surface area contributed by atoms with Gasteiger partial charge in [0.2, 0.25) is 0 Å². The first-order valence-corrected chi connectivity index (χ1v) is 10.2. The highest BCUT2D eigenvalue weighted by atomic mass is 19.1. The minimum absolute atomic E-state index is 0.189. The van der Waals surface area contributed by atoms with Gasteiger partial charge in [0.1, 0.15) is 18.2 Å². The van der Waals surface area contributed by atoms with Crippen LogP contribution in [0, 0.1) is 19.7 Å². The van der Waals surface area contributed by atoms with Crippen LogP contribution in [-0.2, 0) is 13.5 Å². The highest BCUT2D eigenvalue weighted by Gasteiger charge is 2.15. The van der Waals surface area contributed by atoms with E-state index in [1.54, 1.807) is 25.4 Å². The maximum absolute atomic E-state index is 14.8. The number of rotatable bonds is 8.